The van der Waals surface area contributed by atoms with Crippen LogP contribution in [0, 0.1) is 13.8 Å². The highest BCUT2D eigenvalue weighted by Gasteiger charge is 2.14. The number of hydrogen-bond donors (Lipinski definition) is 0. The molecule has 110 valence electrons. The van der Waals surface area contributed by atoms with Gasteiger partial charge in [-0.05, 0) is 44.5 Å². The van der Waals surface area contributed by atoms with Gasteiger partial charge < -0.3 is 4.90 Å². The maximum Gasteiger partial charge on any atom is 0.237 e. The van der Waals surface area contributed by atoms with Gasteiger partial charge in [-0.1, -0.05) is 35.9 Å². The summed E-state index contributed by atoms with van der Waals surface area (Å²) in [4.78, 5) is 15.4. The van der Waals surface area contributed by atoms with Crippen LogP contribution in [-0.4, -0.2) is 18.2 Å². The summed E-state index contributed by atoms with van der Waals surface area (Å²) in [6, 6.07) is 16.2. The average molecular weight is 299 g/mol. The molecule has 0 aliphatic heterocycles. The Morgan fingerprint density at radius 1 is 1.10 bits per heavy atom. The molecule has 0 aliphatic rings. The standard InChI is InChI=1S/C18H21NOS/c1-4-19(16-8-6-5-7-9-16)18(20)13-21-17-11-10-14(2)12-15(17)3/h5-12H,4,13H2,1-3H3. The van der Waals surface area contributed by atoms with Gasteiger partial charge in [0.1, 0.15) is 0 Å². The summed E-state index contributed by atoms with van der Waals surface area (Å²) in [6.07, 6.45) is 0. The molecule has 0 heterocycles. The van der Waals surface area contributed by atoms with Crippen molar-refractivity contribution < 1.29 is 4.79 Å². The third-order valence-corrected chi connectivity index (χ3v) is 4.53. The summed E-state index contributed by atoms with van der Waals surface area (Å²) in [7, 11) is 0. The van der Waals surface area contributed by atoms with Crippen molar-refractivity contribution in [2.45, 2.75) is 25.7 Å². The van der Waals surface area contributed by atoms with Crippen LogP contribution in [0.5, 0.6) is 0 Å². The van der Waals surface area contributed by atoms with E-state index in [0.717, 1.165) is 5.69 Å². The van der Waals surface area contributed by atoms with E-state index < -0.39 is 0 Å². The largest absolute Gasteiger partial charge is 0.312 e. The molecule has 0 saturated carbocycles. The van der Waals surface area contributed by atoms with Crippen LogP contribution in [0.3, 0.4) is 0 Å². The van der Waals surface area contributed by atoms with Crippen LogP contribution in [0.25, 0.3) is 0 Å². The molecule has 0 aliphatic carbocycles. The lowest BCUT2D eigenvalue weighted by Crippen LogP contribution is -2.32. The third kappa shape index (κ3) is 4.11. The molecular formula is C18H21NOS. The van der Waals surface area contributed by atoms with E-state index in [0.29, 0.717) is 12.3 Å². The Kier molecular flexibility index (Phi) is 5.45. The summed E-state index contributed by atoms with van der Waals surface area (Å²) >= 11 is 1.61. The minimum atomic E-state index is 0.147. The predicted octanol–water partition coefficient (Wildman–Crippen LogP) is 4.45. The maximum absolute atomic E-state index is 12.4. The highest BCUT2D eigenvalue weighted by atomic mass is 32.2. The molecule has 21 heavy (non-hydrogen) atoms. The summed E-state index contributed by atoms with van der Waals surface area (Å²) in [6.45, 7) is 6.87. The maximum atomic E-state index is 12.4. The van der Waals surface area contributed by atoms with Crippen LogP contribution in [0.15, 0.2) is 53.4 Å². The molecule has 1 amide bonds. The van der Waals surface area contributed by atoms with Crippen molar-refractivity contribution in [3.63, 3.8) is 0 Å². The number of para-hydroxylation sites is 1. The van der Waals surface area contributed by atoms with E-state index in [2.05, 4.69) is 32.0 Å². The smallest absolute Gasteiger partial charge is 0.237 e. The molecule has 0 radical (unpaired) electrons. The predicted molar refractivity (Wildman–Crippen MR) is 91.1 cm³/mol. The van der Waals surface area contributed by atoms with E-state index in [9.17, 15) is 4.79 Å². The fourth-order valence-electron chi connectivity index (χ4n) is 2.29. The molecule has 2 aromatic carbocycles. The SMILES string of the molecule is CCN(C(=O)CSc1ccc(C)cc1C)c1ccccc1. The molecule has 0 fully saturated rings. The van der Waals surface area contributed by atoms with Crippen molar-refractivity contribution in [1.82, 2.24) is 0 Å². The van der Waals surface area contributed by atoms with Gasteiger partial charge in [0.2, 0.25) is 5.91 Å². The van der Waals surface area contributed by atoms with Crippen molar-refractivity contribution in [2.75, 3.05) is 17.2 Å². The fourth-order valence-corrected chi connectivity index (χ4v) is 3.18. The number of benzene rings is 2. The number of carbonyl (C=O) groups is 1. The van der Waals surface area contributed by atoms with Crippen molar-refractivity contribution in [3.8, 4) is 0 Å². The van der Waals surface area contributed by atoms with E-state index in [4.69, 9.17) is 0 Å². The van der Waals surface area contributed by atoms with Crippen LogP contribution >= 0.6 is 11.8 Å². The first kappa shape index (κ1) is 15.6. The number of nitrogens with zero attached hydrogens (tertiary/aromatic N) is 1. The molecule has 0 unspecified atom stereocenters. The van der Waals surface area contributed by atoms with E-state index >= 15 is 0 Å². The molecule has 0 spiro atoms. The van der Waals surface area contributed by atoms with Crippen LogP contribution in [0.2, 0.25) is 0 Å². The highest BCUT2D eigenvalue weighted by molar-refractivity contribution is 8.00. The molecule has 2 rings (SSSR count). The fraction of sp³-hybridized carbons (Fsp3) is 0.278. The van der Waals surface area contributed by atoms with E-state index in [1.54, 1.807) is 11.8 Å². The molecule has 0 saturated heterocycles. The second kappa shape index (κ2) is 7.32. The molecule has 2 nitrogen and oxygen atoms in total. The quantitative estimate of drug-likeness (QED) is 0.760. The minimum Gasteiger partial charge on any atom is -0.312 e. The molecule has 0 atom stereocenters. The normalized spacial score (nSPS) is 10.4. The summed E-state index contributed by atoms with van der Waals surface area (Å²) in [5.41, 5.74) is 3.45. The van der Waals surface area contributed by atoms with E-state index in [-0.39, 0.29) is 5.91 Å². The molecule has 3 heteroatoms. The molecule has 2 aromatic rings. The number of amides is 1. The monoisotopic (exact) mass is 299 g/mol. The zero-order valence-corrected chi connectivity index (χ0v) is 13.6. The van der Waals surface area contributed by atoms with Gasteiger partial charge in [-0.3, -0.25) is 4.79 Å². The Morgan fingerprint density at radius 3 is 2.43 bits per heavy atom. The first-order valence-corrected chi connectivity index (χ1v) is 8.16. The lowest BCUT2D eigenvalue weighted by atomic mass is 10.2. The van der Waals surface area contributed by atoms with E-state index in [1.165, 1.54) is 16.0 Å². The van der Waals surface area contributed by atoms with Gasteiger partial charge in [-0.15, -0.1) is 11.8 Å². The van der Waals surface area contributed by atoms with Gasteiger partial charge in [0.25, 0.3) is 0 Å². The van der Waals surface area contributed by atoms with Gasteiger partial charge in [0, 0.05) is 17.1 Å². The summed E-state index contributed by atoms with van der Waals surface area (Å²) < 4.78 is 0. The zero-order chi connectivity index (χ0) is 15.2. The van der Waals surface area contributed by atoms with Gasteiger partial charge in [-0.25, -0.2) is 0 Å². The van der Waals surface area contributed by atoms with Crippen molar-refractivity contribution in [3.05, 3.63) is 59.7 Å². The van der Waals surface area contributed by atoms with Gasteiger partial charge >= 0.3 is 0 Å². The highest BCUT2D eigenvalue weighted by Crippen LogP contribution is 2.24. The third-order valence-electron chi connectivity index (χ3n) is 3.37. The Bertz CT molecular complexity index is 610. The number of rotatable bonds is 5. The summed E-state index contributed by atoms with van der Waals surface area (Å²) in [5.74, 6) is 0.612. The average Bonchev–Trinajstić information content (AvgIpc) is 2.48. The Balaban J connectivity index is 2.03. The van der Waals surface area contributed by atoms with Crippen LogP contribution in [0.1, 0.15) is 18.1 Å². The van der Waals surface area contributed by atoms with Gasteiger partial charge in [-0.2, -0.15) is 0 Å². The Morgan fingerprint density at radius 2 is 1.81 bits per heavy atom. The number of aryl methyl sites for hydroxylation is 2. The van der Waals surface area contributed by atoms with Crippen LogP contribution in [-0.2, 0) is 4.79 Å². The number of anilines is 1. The molecule has 0 bridgehead atoms. The van der Waals surface area contributed by atoms with Crippen LogP contribution in [0.4, 0.5) is 5.69 Å². The topological polar surface area (TPSA) is 20.3 Å². The second-order valence-corrected chi connectivity index (χ2v) is 6.05. The second-order valence-electron chi connectivity index (χ2n) is 5.03. The van der Waals surface area contributed by atoms with Crippen molar-refractivity contribution >= 4 is 23.4 Å². The van der Waals surface area contributed by atoms with Crippen LogP contribution < -0.4 is 4.90 Å². The number of thioether (sulfide) groups is 1. The lowest BCUT2D eigenvalue weighted by molar-refractivity contribution is -0.116. The van der Waals surface area contributed by atoms with Crippen molar-refractivity contribution in [2.24, 2.45) is 0 Å². The van der Waals surface area contributed by atoms with Crippen molar-refractivity contribution in [1.29, 1.82) is 0 Å². The molecule has 0 N–H and O–H groups in total. The number of carbonyl (C=O) groups excluding carboxylic acids is 1. The Labute approximate surface area is 131 Å². The Hall–Kier alpha value is -1.74. The molecule has 0 aromatic heterocycles. The zero-order valence-electron chi connectivity index (χ0n) is 12.8. The first-order valence-electron chi connectivity index (χ1n) is 7.17. The van der Waals surface area contributed by atoms with Gasteiger partial charge in [0.05, 0.1) is 5.75 Å². The lowest BCUT2D eigenvalue weighted by Gasteiger charge is -2.21. The minimum absolute atomic E-state index is 0.147. The summed E-state index contributed by atoms with van der Waals surface area (Å²) in [5, 5.41) is 0. The first-order chi connectivity index (χ1) is 10.1. The van der Waals surface area contributed by atoms with E-state index in [1.807, 2.05) is 42.2 Å². The molecular weight excluding hydrogens is 278 g/mol. The number of hydrogen-bond acceptors (Lipinski definition) is 2. The van der Waals surface area contributed by atoms with Gasteiger partial charge in [0.15, 0.2) is 0 Å².